The van der Waals surface area contributed by atoms with Gasteiger partial charge in [-0.3, -0.25) is 9.69 Å². The highest BCUT2D eigenvalue weighted by atomic mass is 35.5. The number of rotatable bonds is 6. The van der Waals surface area contributed by atoms with Crippen molar-refractivity contribution < 1.29 is 27.5 Å². The molecule has 0 saturated carbocycles. The maximum Gasteiger partial charge on any atom is 0.416 e. The van der Waals surface area contributed by atoms with Crippen molar-refractivity contribution in [1.29, 1.82) is 0 Å². The van der Waals surface area contributed by atoms with Crippen LogP contribution in [0.25, 0.3) is 10.1 Å². The van der Waals surface area contributed by atoms with Crippen molar-refractivity contribution in [3.05, 3.63) is 94.8 Å². The second-order valence-corrected chi connectivity index (χ2v) is 8.74. The van der Waals surface area contributed by atoms with Crippen LogP contribution in [0.3, 0.4) is 0 Å². The molecule has 0 aliphatic carbocycles. The molecule has 0 bridgehead atoms. The van der Waals surface area contributed by atoms with Gasteiger partial charge in [-0.15, -0.1) is 0 Å². The molecule has 2 amide bonds. The van der Waals surface area contributed by atoms with Crippen molar-refractivity contribution in [2.24, 2.45) is 0 Å². The van der Waals surface area contributed by atoms with Crippen LogP contribution < -0.4 is 10.1 Å². The molecule has 174 valence electrons. The van der Waals surface area contributed by atoms with Gasteiger partial charge in [0.15, 0.2) is 5.06 Å². The van der Waals surface area contributed by atoms with Crippen molar-refractivity contribution in [1.82, 2.24) is 4.90 Å². The van der Waals surface area contributed by atoms with Gasteiger partial charge in [0.25, 0.3) is 0 Å². The van der Waals surface area contributed by atoms with E-state index in [0.717, 1.165) is 33.2 Å². The minimum absolute atomic E-state index is 0.128. The number of hydrogen-bond acceptors (Lipinski definition) is 4. The molecule has 1 heterocycles. The van der Waals surface area contributed by atoms with Crippen molar-refractivity contribution in [3.8, 4) is 5.06 Å². The van der Waals surface area contributed by atoms with Gasteiger partial charge in [-0.05, 0) is 47.3 Å². The fourth-order valence-electron chi connectivity index (χ4n) is 3.21. The van der Waals surface area contributed by atoms with Crippen molar-refractivity contribution in [2.45, 2.75) is 6.54 Å². The lowest BCUT2D eigenvalue weighted by atomic mass is 10.2. The van der Waals surface area contributed by atoms with Crippen LogP contribution in [-0.4, -0.2) is 23.4 Å². The fraction of sp³-hybridized carbons (Fsp3) is 0.0833. The van der Waals surface area contributed by atoms with E-state index in [4.69, 9.17) is 16.3 Å². The number of halogens is 4. The van der Waals surface area contributed by atoms with Gasteiger partial charge in [0.2, 0.25) is 5.91 Å². The Hall–Kier alpha value is -3.56. The minimum Gasteiger partial charge on any atom is -0.399 e. The van der Waals surface area contributed by atoms with Gasteiger partial charge in [-0.1, -0.05) is 41.1 Å². The van der Waals surface area contributed by atoms with Gasteiger partial charge >= 0.3 is 6.09 Å². The highest BCUT2D eigenvalue weighted by molar-refractivity contribution is 7.20. The van der Waals surface area contributed by atoms with Crippen LogP contribution in [0.2, 0.25) is 5.02 Å². The number of carbonyl (C=O) groups is 2. The summed E-state index contributed by atoms with van der Waals surface area (Å²) >= 11 is 6.97. The molecule has 0 atom stereocenters. The maximum absolute atomic E-state index is 13.7. The number of ether oxygens (including phenoxy) is 1. The summed E-state index contributed by atoms with van der Waals surface area (Å²) in [6, 6.07) is 15.5. The van der Waals surface area contributed by atoms with Gasteiger partial charge in [0.05, 0.1) is 5.02 Å². The third-order valence-corrected chi connectivity index (χ3v) is 5.97. The predicted octanol–water partition coefficient (Wildman–Crippen LogP) is 6.61. The molecule has 0 unspecified atom stereocenters. The Kier molecular flexibility index (Phi) is 7.04. The summed E-state index contributed by atoms with van der Waals surface area (Å²) in [5, 5.41) is 3.49. The zero-order chi connectivity index (χ0) is 24.2. The predicted molar refractivity (Wildman–Crippen MR) is 125 cm³/mol. The standard InChI is InChI=1S/C24H16ClF3N2O3S/c25-19-11-18(5-6-20(19)28)29-22(31)13-30(12-14-7-16(26)10-17(27)8-14)24(32)33-23-9-15-3-1-2-4-21(15)34-23/h1-11H,12-13H2,(H,29,31). The number of nitrogens with zero attached hydrogens (tertiary/aromatic N) is 1. The summed E-state index contributed by atoms with van der Waals surface area (Å²) in [7, 11) is 0. The molecule has 34 heavy (non-hydrogen) atoms. The van der Waals surface area contributed by atoms with E-state index in [-0.39, 0.29) is 22.8 Å². The van der Waals surface area contributed by atoms with E-state index in [2.05, 4.69) is 5.32 Å². The zero-order valence-electron chi connectivity index (χ0n) is 17.4. The first kappa shape index (κ1) is 23.6. The molecule has 0 fully saturated rings. The molecule has 0 saturated heterocycles. The summed E-state index contributed by atoms with van der Waals surface area (Å²) in [6.07, 6.45) is -0.886. The summed E-state index contributed by atoms with van der Waals surface area (Å²) in [4.78, 5) is 26.5. The number of benzene rings is 3. The molecule has 3 aromatic carbocycles. The van der Waals surface area contributed by atoms with Gasteiger partial charge in [0.1, 0.15) is 24.0 Å². The topological polar surface area (TPSA) is 58.6 Å². The van der Waals surface area contributed by atoms with Crippen LogP contribution in [0.1, 0.15) is 5.56 Å². The molecule has 1 aromatic heterocycles. The summed E-state index contributed by atoms with van der Waals surface area (Å²) < 4.78 is 47.1. The lowest BCUT2D eigenvalue weighted by molar-refractivity contribution is -0.117. The Morgan fingerprint density at radius 3 is 2.41 bits per heavy atom. The van der Waals surface area contributed by atoms with Crippen LogP contribution in [-0.2, 0) is 11.3 Å². The maximum atomic E-state index is 13.7. The first-order valence-electron chi connectivity index (χ1n) is 9.92. The first-order valence-corrected chi connectivity index (χ1v) is 11.1. The van der Waals surface area contributed by atoms with E-state index >= 15 is 0 Å². The van der Waals surface area contributed by atoms with Crippen molar-refractivity contribution in [3.63, 3.8) is 0 Å². The number of nitrogens with one attached hydrogen (secondary N) is 1. The molecule has 0 radical (unpaired) electrons. The largest absolute Gasteiger partial charge is 0.416 e. The van der Waals surface area contributed by atoms with E-state index < -0.39 is 36.0 Å². The van der Waals surface area contributed by atoms with Gasteiger partial charge in [-0.2, -0.15) is 0 Å². The number of thiophene rings is 1. The smallest absolute Gasteiger partial charge is 0.399 e. The Morgan fingerprint density at radius 1 is 0.971 bits per heavy atom. The fourth-order valence-corrected chi connectivity index (χ4v) is 4.30. The highest BCUT2D eigenvalue weighted by Gasteiger charge is 2.22. The normalized spacial score (nSPS) is 10.8. The molecular weight excluding hydrogens is 489 g/mol. The number of fused-ring (bicyclic) bond motifs is 1. The number of carbonyl (C=O) groups excluding carboxylic acids is 2. The molecule has 5 nitrogen and oxygen atoms in total. The summed E-state index contributed by atoms with van der Waals surface area (Å²) in [5.74, 6) is -2.94. The quantitative estimate of drug-likeness (QED) is 0.321. The van der Waals surface area contributed by atoms with Crippen LogP contribution in [0, 0.1) is 17.5 Å². The molecule has 10 heteroatoms. The SMILES string of the molecule is O=C(CN(Cc1cc(F)cc(F)c1)C(=O)Oc1cc2ccccc2s1)Nc1ccc(F)c(Cl)c1. The third kappa shape index (κ3) is 5.86. The van der Waals surface area contributed by atoms with Crippen molar-refractivity contribution in [2.75, 3.05) is 11.9 Å². The molecule has 0 aliphatic heterocycles. The molecule has 1 N–H and O–H groups in total. The second kappa shape index (κ2) is 10.1. The van der Waals surface area contributed by atoms with Gasteiger partial charge in [-0.25, -0.2) is 18.0 Å². The average molecular weight is 505 g/mol. The van der Waals surface area contributed by atoms with Crippen LogP contribution in [0.5, 0.6) is 5.06 Å². The van der Waals surface area contributed by atoms with E-state index in [9.17, 15) is 22.8 Å². The number of anilines is 1. The minimum atomic E-state index is -0.886. The zero-order valence-corrected chi connectivity index (χ0v) is 18.9. The Bertz CT molecular complexity index is 1330. The monoisotopic (exact) mass is 504 g/mol. The Labute approximate surface area is 201 Å². The molecule has 0 aliphatic rings. The summed E-state index contributed by atoms with van der Waals surface area (Å²) in [6.45, 7) is -0.799. The van der Waals surface area contributed by atoms with Gasteiger partial charge < -0.3 is 10.1 Å². The van der Waals surface area contributed by atoms with Gasteiger partial charge in [0, 0.05) is 29.1 Å². The third-order valence-electron chi connectivity index (χ3n) is 4.68. The second-order valence-electron chi connectivity index (χ2n) is 7.28. The van der Waals surface area contributed by atoms with E-state index in [1.54, 1.807) is 6.07 Å². The number of amides is 2. The molecule has 4 aromatic rings. The average Bonchev–Trinajstić information content (AvgIpc) is 3.17. The molecular formula is C24H16ClF3N2O3S. The van der Waals surface area contributed by atoms with Crippen molar-refractivity contribution >= 4 is 50.7 Å². The lowest BCUT2D eigenvalue weighted by Gasteiger charge is -2.21. The lowest BCUT2D eigenvalue weighted by Crippen LogP contribution is -2.39. The van der Waals surface area contributed by atoms with Crippen LogP contribution in [0.15, 0.2) is 66.7 Å². The molecule has 4 rings (SSSR count). The Balaban J connectivity index is 1.53. The first-order chi connectivity index (χ1) is 16.3. The highest BCUT2D eigenvalue weighted by Crippen LogP contribution is 2.32. The van der Waals surface area contributed by atoms with Crippen LogP contribution >= 0.6 is 22.9 Å². The number of hydrogen-bond donors (Lipinski definition) is 1. The van der Waals surface area contributed by atoms with E-state index in [1.165, 1.54) is 23.5 Å². The summed E-state index contributed by atoms with van der Waals surface area (Å²) in [5.41, 5.74) is 0.342. The Morgan fingerprint density at radius 2 is 1.71 bits per heavy atom. The molecule has 0 spiro atoms. The van der Waals surface area contributed by atoms with Crippen LogP contribution in [0.4, 0.5) is 23.7 Å². The van der Waals surface area contributed by atoms with E-state index in [0.29, 0.717) is 11.1 Å². The van der Waals surface area contributed by atoms with E-state index in [1.807, 2.05) is 24.3 Å².